The predicted molar refractivity (Wildman–Crippen MR) is 227 cm³/mol. The molecule has 0 amide bonds. The van der Waals surface area contributed by atoms with Gasteiger partial charge in [0.2, 0.25) is 0 Å². The van der Waals surface area contributed by atoms with Gasteiger partial charge < -0.3 is 4.90 Å². The summed E-state index contributed by atoms with van der Waals surface area (Å²) in [5, 5.41) is 0. The zero-order chi connectivity index (χ0) is 36.8. The van der Waals surface area contributed by atoms with Crippen molar-refractivity contribution in [1.29, 1.82) is 0 Å². The Balaban J connectivity index is 1.38. The third-order valence-corrected chi connectivity index (χ3v) is 12.8. The third-order valence-electron chi connectivity index (χ3n) is 12.8. The van der Waals surface area contributed by atoms with Gasteiger partial charge >= 0.3 is 0 Å². The Hall–Kier alpha value is -4.88. The molecular weight excluding hydrogens is 627 g/mol. The molecule has 6 aromatic carbocycles. The van der Waals surface area contributed by atoms with Gasteiger partial charge in [-0.3, -0.25) is 0 Å². The van der Waals surface area contributed by atoms with E-state index in [0.29, 0.717) is 5.41 Å². The minimum atomic E-state index is 0.0757. The van der Waals surface area contributed by atoms with E-state index in [2.05, 4.69) is 211 Å². The molecule has 0 aromatic heterocycles. The lowest BCUT2D eigenvalue weighted by atomic mass is 9.53. The molecule has 0 saturated heterocycles. The van der Waals surface area contributed by atoms with Crippen molar-refractivity contribution in [3.63, 3.8) is 0 Å². The van der Waals surface area contributed by atoms with E-state index in [0.717, 1.165) is 17.1 Å². The average molecular weight is 684 g/mol. The highest BCUT2D eigenvalue weighted by Gasteiger charge is 2.46. The lowest BCUT2D eigenvalue weighted by molar-refractivity contribution is 0.0728. The summed E-state index contributed by atoms with van der Waals surface area (Å²) in [5.74, 6) is 0. The molecule has 0 bridgehead atoms. The number of hydrogen-bond acceptors (Lipinski definition) is 1. The zero-order valence-electron chi connectivity index (χ0n) is 32.5. The maximum absolute atomic E-state index is 2.54. The lowest BCUT2D eigenvalue weighted by Gasteiger charge is -2.51. The monoisotopic (exact) mass is 683 g/mol. The molecule has 0 aliphatic rings. The van der Waals surface area contributed by atoms with Crippen LogP contribution in [-0.2, 0) is 5.41 Å². The van der Waals surface area contributed by atoms with Crippen LogP contribution < -0.4 is 4.90 Å². The van der Waals surface area contributed by atoms with Crippen LogP contribution >= 0.6 is 0 Å². The Morgan fingerprint density at radius 3 is 1.23 bits per heavy atom. The van der Waals surface area contributed by atoms with Gasteiger partial charge in [0, 0.05) is 17.1 Å². The van der Waals surface area contributed by atoms with E-state index in [9.17, 15) is 0 Å². The van der Waals surface area contributed by atoms with Gasteiger partial charge in [0.05, 0.1) is 0 Å². The second-order valence-corrected chi connectivity index (χ2v) is 15.6. The van der Waals surface area contributed by atoms with Crippen molar-refractivity contribution in [2.24, 2.45) is 10.8 Å². The molecule has 0 N–H and O–H groups in total. The van der Waals surface area contributed by atoms with Gasteiger partial charge in [-0.1, -0.05) is 183 Å². The summed E-state index contributed by atoms with van der Waals surface area (Å²) in [5.41, 5.74) is 12.8. The van der Waals surface area contributed by atoms with Crippen LogP contribution in [0, 0.1) is 10.8 Å². The van der Waals surface area contributed by atoms with Crippen molar-refractivity contribution in [2.45, 2.75) is 86.0 Å². The zero-order valence-corrected chi connectivity index (χ0v) is 32.5. The molecule has 52 heavy (non-hydrogen) atoms. The van der Waals surface area contributed by atoms with Gasteiger partial charge in [0.1, 0.15) is 0 Å². The van der Waals surface area contributed by atoms with Crippen molar-refractivity contribution in [3.05, 3.63) is 163 Å². The number of nitrogens with zero attached hydrogens (tertiary/aromatic N) is 1. The quantitative estimate of drug-likeness (QED) is 0.110. The van der Waals surface area contributed by atoms with Gasteiger partial charge in [-0.15, -0.1) is 0 Å². The van der Waals surface area contributed by atoms with Crippen LogP contribution in [0.3, 0.4) is 0 Å². The minimum Gasteiger partial charge on any atom is -0.310 e. The molecule has 1 heteroatoms. The van der Waals surface area contributed by atoms with E-state index >= 15 is 0 Å². The number of rotatable bonds is 14. The number of anilines is 3. The summed E-state index contributed by atoms with van der Waals surface area (Å²) in [6.45, 7) is 17.1. The maximum Gasteiger partial charge on any atom is 0.0467 e. The first-order valence-electron chi connectivity index (χ1n) is 19.5. The normalized spacial score (nSPS) is 13.1. The second-order valence-electron chi connectivity index (χ2n) is 15.6. The summed E-state index contributed by atoms with van der Waals surface area (Å²) in [6, 6.07) is 57.7. The molecule has 6 aromatic rings. The van der Waals surface area contributed by atoms with E-state index in [1.807, 2.05) is 0 Å². The molecule has 0 heterocycles. The number of benzene rings is 6. The van der Waals surface area contributed by atoms with E-state index in [4.69, 9.17) is 0 Å². The van der Waals surface area contributed by atoms with Gasteiger partial charge in [0.25, 0.3) is 0 Å². The molecule has 0 fully saturated rings. The highest BCUT2D eigenvalue weighted by Crippen LogP contribution is 2.54. The molecule has 1 nitrogen and oxygen atoms in total. The Bertz CT molecular complexity index is 1920. The smallest absolute Gasteiger partial charge is 0.0467 e. The topological polar surface area (TPSA) is 3.24 Å². The highest BCUT2D eigenvalue weighted by molar-refractivity contribution is 5.82. The first-order valence-corrected chi connectivity index (χ1v) is 19.5. The largest absolute Gasteiger partial charge is 0.310 e. The van der Waals surface area contributed by atoms with Gasteiger partial charge in [-0.05, 0) is 111 Å². The summed E-state index contributed by atoms with van der Waals surface area (Å²) < 4.78 is 0. The fourth-order valence-electron chi connectivity index (χ4n) is 8.22. The molecular formula is C51H57N. The molecule has 1 unspecified atom stereocenters. The Kier molecular flexibility index (Phi) is 11.2. The van der Waals surface area contributed by atoms with Crippen molar-refractivity contribution < 1.29 is 0 Å². The van der Waals surface area contributed by atoms with Crippen LogP contribution in [0.4, 0.5) is 17.1 Å². The van der Waals surface area contributed by atoms with E-state index in [-0.39, 0.29) is 10.8 Å². The minimum absolute atomic E-state index is 0.0757. The summed E-state index contributed by atoms with van der Waals surface area (Å²) in [6.07, 6.45) is 5.94. The predicted octanol–water partition coefficient (Wildman–Crippen LogP) is 15.5. The standard InChI is InChI=1S/C51H57N/c1-8-49(5,9-2)38-51(7,50(6,10-3)11-4)45-31-25-43(26-32-45)44-23-18-24-48(37-44)52(46-33-27-41(28-34-46)39-19-14-12-15-20-39)47-35-29-42(30-36-47)40-21-16-13-17-22-40/h12-37H,8-11,38H2,1-7H3. The van der Waals surface area contributed by atoms with Gasteiger partial charge in [0.15, 0.2) is 0 Å². The Morgan fingerprint density at radius 2 is 0.788 bits per heavy atom. The molecule has 0 aliphatic carbocycles. The third kappa shape index (κ3) is 7.51. The number of hydrogen-bond donors (Lipinski definition) is 0. The molecule has 266 valence electrons. The first kappa shape index (κ1) is 36.9. The molecule has 6 rings (SSSR count). The van der Waals surface area contributed by atoms with Gasteiger partial charge in [-0.2, -0.15) is 0 Å². The average Bonchev–Trinajstić information content (AvgIpc) is 3.22. The fourth-order valence-corrected chi connectivity index (χ4v) is 8.22. The molecule has 0 aliphatic heterocycles. The van der Waals surface area contributed by atoms with E-state index < -0.39 is 0 Å². The van der Waals surface area contributed by atoms with Crippen molar-refractivity contribution in [2.75, 3.05) is 4.90 Å². The summed E-state index contributed by atoms with van der Waals surface area (Å²) in [4.78, 5) is 2.38. The van der Waals surface area contributed by atoms with Crippen molar-refractivity contribution in [1.82, 2.24) is 0 Å². The lowest BCUT2D eigenvalue weighted by Crippen LogP contribution is -2.44. The van der Waals surface area contributed by atoms with Crippen molar-refractivity contribution >= 4 is 17.1 Å². The van der Waals surface area contributed by atoms with E-state index in [1.165, 1.54) is 71.0 Å². The molecule has 0 radical (unpaired) electrons. The van der Waals surface area contributed by atoms with Crippen LogP contribution in [-0.4, -0.2) is 0 Å². The molecule has 1 atom stereocenters. The van der Waals surface area contributed by atoms with E-state index in [1.54, 1.807) is 0 Å². The summed E-state index contributed by atoms with van der Waals surface area (Å²) in [7, 11) is 0. The van der Waals surface area contributed by atoms with Crippen molar-refractivity contribution in [3.8, 4) is 33.4 Å². The second kappa shape index (κ2) is 15.8. The van der Waals surface area contributed by atoms with Crippen LogP contribution in [0.15, 0.2) is 158 Å². The Morgan fingerprint density at radius 1 is 0.385 bits per heavy atom. The SMILES string of the molecule is CCC(C)(CC)CC(C)(c1ccc(-c2cccc(N(c3ccc(-c4ccccc4)cc3)c3ccc(-c4ccccc4)cc3)c2)cc1)C(C)(CC)CC. The fraction of sp³-hybridized carbons (Fsp3) is 0.294. The maximum atomic E-state index is 2.54. The Labute approximate surface area is 314 Å². The van der Waals surface area contributed by atoms with Crippen LogP contribution in [0.2, 0.25) is 0 Å². The van der Waals surface area contributed by atoms with Crippen LogP contribution in [0.1, 0.15) is 86.1 Å². The molecule has 0 spiro atoms. The van der Waals surface area contributed by atoms with Gasteiger partial charge in [-0.25, -0.2) is 0 Å². The first-order chi connectivity index (χ1) is 25.2. The van der Waals surface area contributed by atoms with Crippen LogP contribution in [0.25, 0.3) is 33.4 Å². The summed E-state index contributed by atoms with van der Waals surface area (Å²) >= 11 is 0. The molecule has 0 saturated carbocycles. The highest BCUT2D eigenvalue weighted by atomic mass is 15.1. The van der Waals surface area contributed by atoms with Crippen LogP contribution in [0.5, 0.6) is 0 Å².